The van der Waals surface area contributed by atoms with Crippen LogP contribution in [0.1, 0.15) is 19.4 Å². The second-order valence-electron chi connectivity index (χ2n) is 4.22. The third-order valence-corrected chi connectivity index (χ3v) is 3.19. The van der Waals surface area contributed by atoms with E-state index >= 15 is 0 Å². The molecule has 0 saturated carbocycles. The summed E-state index contributed by atoms with van der Waals surface area (Å²) in [6.07, 6.45) is 4.56. The average molecular weight is 222 g/mol. The summed E-state index contributed by atoms with van der Waals surface area (Å²) < 4.78 is 1.70. The van der Waals surface area contributed by atoms with Gasteiger partial charge in [-0.05, 0) is 26.5 Å². The fourth-order valence-electron chi connectivity index (χ4n) is 2.08. The van der Waals surface area contributed by atoms with Gasteiger partial charge in [0.2, 0.25) is 5.91 Å². The van der Waals surface area contributed by atoms with E-state index in [1.165, 1.54) is 0 Å². The van der Waals surface area contributed by atoms with Crippen LogP contribution in [0, 0.1) is 0 Å². The largest absolute Gasteiger partial charge is 0.339 e. The molecule has 0 bridgehead atoms. The first-order chi connectivity index (χ1) is 7.72. The maximum absolute atomic E-state index is 12.1. The van der Waals surface area contributed by atoms with Crippen molar-refractivity contribution in [2.45, 2.75) is 25.4 Å². The quantitative estimate of drug-likeness (QED) is 0.798. The zero-order valence-electron chi connectivity index (χ0n) is 9.76. The Morgan fingerprint density at radius 3 is 3.00 bits per heavy atom. The summed E-state index contributed by atoms with van der Waals surface area (Å²) in [5.41, 5.74) is 0. The molecule has 0 radical (unpaired) electrons. The monoisotopic (exact) mass is 222 g/mol. The molecule has 1 aliphatic heterocycles. The molecule has 1 saturated heterocycles. The normalized spacial score (nSPS) is 22.4. The van der Waals surface area contributed by atoms with Crippen LogP contribution in [0.2, 0.25) is 0 Å². The van der Waals surface area contributed by atoms with Gasteiger partial charge in [-0.1, -0.05) is 0 Å². The number of rotatable bonds is 3. The predicted molar refractivity (Wildman–Crippen MR) is 61.0 cm³/mol. The van der Waals surface area contributed by atoms with Crippen LogP contribution in [-0.4, -0.2) is 46.8 Å². The minimum absolute atomic E-state index is 0.154. The van der Waals surface area contributed by atoms with Gasteiger partial charge in [-0.25, -0.2) is 0 Å². The van der Waals surface area contributed by atoms with Crippen LogP contribution in [0.3, 0.4) is 0 Å². The molecule has 1 fully saturated rings. The Morgan fingerprint density at radius 1 is 1.62 bits per heavy atom. The molecule has 1 aromatic rings. The Hall–Kier alpha value is -1.36. The van der Waals surface area contributed by atoms with Gasteiger partial charge in [0.15, 0.2) is 0 Å². The maximum atomic E-state index is 12.1. The summed E-state index contributed by atoms with van der Waals surface area (Å²) in [5.74, 6) is 0.154. The van der Waals surface area contributed by atoms with E-state index in [1.807, 2.05) is 31.1 Å². The fraction of sp³-hybridized carbons (Fsp3) is 0.636. The minimum atomic E-state index is -0.203. The molecule has 0 spiro atoms. The highest BCUT2D eigenvalue weighted by Crippen LogP contribution is 2.15. The minimum Gasteiger partial charge on any atom is -0.339 e. The van der Waals surface area contributed by atoms with Crippen LogP contribution in [0.25, 0.3) is 0 Å². The molecule has 1 N–H and O–H groups in total. The van der Waals surface area contributed by atoms with Crippen molar-refractivity contribution in [1.29, 1.82) is 0 Å². The number of nitrogens with one attached hydrogen (secondary N) is 1. The van der Waals surface area contributed by atoms with Gasteiger partial charge in [-0.2, -0.15) is 5.10 Å². The highest BCUT2D eigenvalue weighted by Gasteiger charge is 2.28. The molecule has 0 aromatic carbocycles. The summed E-state index contributed by atoms with van der Waals surface area (Å²) >= 11 is 0. The van der Waals surface area contributed by atoms with Crippen LogP contribution < -0.4 is 5.32 Å². The van der Waals surface area contributed by atoms with Crippen molar-refractivity contribution in [3.05, 3.63) is 18.5 Å². The number of likely N-dealkylation sites (tertiary alicyclic amines) is 1. The first-order valence-corrected chi connectivity index (χ1v) is 5.67. The number of carbonyl (C=O) groups excluding carboxylic acids is 1. The summed E-state index contributed by atoms with van der Waals surface area (Å²) in [6, 6.07) is 2.07. The van der Waals surface area contributed by atoms with E-state index in [0.29, 0.717) is 6.04 Å². The van der Waals surface area contributed by atoms with E-state index in [2.05, 4.69) is 10.4 Å². The van der Waals surface area contributed by atoms with Crippen molar-refractivity contribution in [3.8, 4) is 0 Å². The molecule has 5 nitrogen and oxygen atoms in total. The van der Waals surface area contributed by atoms with E-state index in [4.69, 9.17) is 0 Å². The van der Waals surface area contributed by atoms with Crippen molar-refractivity contribution in [2.75, 3.05) is 20.1 Å². The Labute approximate surface area is 95.4 Å². The molecule has 2 heterocycles. The summed E-state index contributed by atoms with van der Waals surface area (Å²) in [5, 5.41) is 7.31. The third kappa shape index (κ3) is 2.09. The summed E-state index contributed by atoms with van der Waals surface area (Å²) in [6.45, 7) is 3.54. The topological polar surface area (TPSA) is 50.2 Å². The third-order valence-electron chi connectivity index (χ3n) is 3.19. The Bertz CT molecular complexity index is 349. The van der Waals surface area contributed by atoms with Gasteiger partial charge in [-0.3, -0.25) is 9.48 Å². The zero-order valence-corrected chi connectivity index (χ0v) is 9.76. The highest BCUT2D eigenvalue weighted by atomic mass is 16.2. The number of carbonyl (C=O) groups is 1. The molecular formula is C11H18N4O. The highest BCUT2D eigenvalue weighted by molar-refractivity contribution is 5.80. The van der Waals surface area contributed by atoms with Crippen molar-refractivity contribution in [1.82, 2.24) is 20.0 Å². The number of hydrogen-bond donors (Lipinski definition) is 1. The van der Waals surface area contributed by atoms with Crippen LogP contribution in [0.15, 0.2) is 18.5 Å². The molecule has 2 atom stereocenters. The Balaban J connectivity index is 1.98. The molecule has 0 aliphatic carbocycles. The SMILES string of the molecule is CNC1CCN(C(=O)C(C)n2cccn2)C1. The first kappa shape index (κ1) is 11.1. The summed E-state index contributed by atoms with van der Waals surface area (Å²) in [4.78, 5) is 14.1. The maximum Gasteiger partial charge on any atom is 0.247 e. The molecule has 5 heteroatoms. The van der Waals surface area contributed by atoms with E-state index in [0.717, 1.165) is 19.5 Å². The van der Waals surface area contributed by atoms with Gasteiger partial charge in [0.05, 0.1) is 0 Å². The Morgan fingerprint density at radius 2 is 2.44 bits per heavy atom. The molecule has 88 valence electrons. The van der Waals surface area contributed by atoms with Crippen molar-refractivity contribution in [3.63, 3.8) is 0 Å². The predicted octanol–water partition coefficient (Wildman–Crippen LogP) is 0.264. The molecule has 1 amide bonds. The van der Waals surface area contributed by atoms with E-state index in [1.54, 1.807) is 10.9 Å². The molecule has 2 rings (SSSR count). The molecule has 16 heavy (non-hydrogen) atoms. The van der Waals surface area contributed by atoms with Gasteiger partial charge in [0, 0.05) is 31.5 Å². The van der Waals surface area contributed by atoms with Gasteiger partial charge >= 0.3 is 0 Å². The lowest BCUT2D eigenvalue weighted by atomic mass is 10.3. The van der Waals surface area contributed by atoms with Crippen LogP contribution >= 0.6 is 0 Å². The van der Waals surface area contributed by atoms with Gasteiger partial charge in [0.1, 0.15) is 6.04 Å². The van der Waals surface area contributed by atoms with Gasteiger partial charge < -0.3 is 10.2 Å². The van der Waals surface area contributed by atoms with Crippen molar-refractivity contribution < 1.29 is 4.79 Å². The molecule has 2 unspecified atom stereocenters. The standard InChI is InChI=1S/C11H18N4O/c1-9(15-6-3-5-13-15)11(16)14-7-4-10(8-14)12-2/h3,5-6,9-10,12H,4,7-8H2,1-2H3. The summed E-state index contributed by atoms with van der Waals surface area (Å²) in [7, 11) is 1.94. The van der Waals surface area contributed by atoms with Crippen LogP contribution in [0.4, 0.5) is 0 Å². The lowest BCUT2D eigenvalue weighted by Crippen LogP contribution is -2.37. The second-order valence-corrected chi connectivity index (χ2v) is 4.22. The van der Waals surface area contributed by atoms with Crippen LogP contribution in [-0.2, 0) is 4.79 Å². The number of aromatic nitrogens is 2. The van der Waals surface area contributed by atoms with E-state index < -0.39 is 0 Å². The lowest BCUT2D eigenvalue weighted by molar-refractivity contribution is -0.133. The van der Waals surface area contributed by atoms with E-state index in [-0.39, 0.29) is 11.9 Å². The molecule has 1 aromatic heterocycles. The fourth-order valence-corrected chi connectivity index (χ4v) is 2.08. The number of hydrogen-bond acceptors (Lipinski definition) is 3. The number of nitrogens with zero attached hydrogens (tertiary/aromatic N) is 3. The molecular weight excluding hydrogens is 204 g/mol. The van der Waals surface area contributed by atoms with Gasteiger partial charge in [0.25, 0.3) is 0 Å². The number of likely N-dealkylation sites (N-methyl/N-ethyl adjacent to an activating group) is 1. The average Bonchev–Trinajstić information content (AvgIpc) is 2.97. The molecule has 1 aliphatic rings. The Kier molecular flexibility index (Phi) is 3.24. The van der Waals surface area contributed by atoms with Crippen molar-refractivity contribution >= 4 is 5.91 Å². The van der Waals surface area contributed by atoms with E-state index in [9.17, 15) is 4.79 Å². The van der Waals surface area contributed by atoms with Crippen LogP contribution in [0.5, 0.6) is 0 Å². The smallest absolute Gasteiger partial charge is 0.247 e. The first-order valence-electron chi connectivity index (χ1n) is 5.67. The number of amides is 1. The van der Waals surface area contributed by atoms with Crippen molar-refractivity contribution in [2.24, 2.45) is 0 Å². The zero-order chi connectivity index (χ0) is 11.5. The van der Waals surface area contributed by atoms with Gasteiger partial charge in [-0.15, -0.1) is 0 Å². The second kappa shape index (κ2) is 4.65. The lowest BCUT2D eigenvalue weighted by Gasteiger charge is -2.21.